The molecule has 0 saturated carbocycles. The van der Waals surface area contributed by atoms with Gasteiger partial charge in [0.2, 0.25) is 0 Å². The van der Waals surface area contributed by atoms with Crippen molar-refractivity contribution in [3.05, 3.63) is 255 Å². The molecule has 0 saturated heterocycles. The van der Waals surface area contributed by atoms with Crippen LogP contribution in [0.5, 0.6) is 0 Å². The molecule has 15 rings (SSSR count). The quantitative estimate of drug-likeness (QED) is 0.142. The van der Waals surface area contributed by atoms with Crippen LogP contribution in [0.15, 0.2) is 264 Å². The van der Waals surface area contributed by atoms with E-state index in [-0.39, 0.29) is 0 Å². The lowest BCUT2D eigenvalue weighted by Crippen LogP contribution is -2.09. The molecule has 15 aromatic rings. The molecule has 4 heteroatoms. The van der Waals surface area contributed by atoms with Crippen LogP contribution >= 0.6 is 0 Å². The van der Waals surface area contributed by atoms with E-state index in [9.17, 15) is 0 Å². The number of furan rings is 2. The summed E-state index contributed by atoms with van der Waals surface area (Å²) in [6, 6.07) is 87.4. The second-order valence-electron chi connectivity index (χ2n) is 19.0. The lowest BCUT2D eigenvalue weighted by atomic mass is 9.84. The summed E-state index contributed by atoms with van der Waals surface area (Å²) in [6.07, 6.45) is 3.74. The van der Waals surface area contributed by atoms with Crippen molar-refractivity contribution in [2.24, 2.45) is 0 Å². The fourth-order valence-corrected chi connectivity index (χ4v) is 11.5. The highest BCUT2D eigenvalue weighted by Gasteiger charge is 2.21. The normalized spacial score (nSPS) is 11.8. The number of anilines is 3. The summed E-state index contributed by atoms with van der Waals surface area (Å²) in [6.45, 7) is 0. The first-order valence-electron chi connectivity index (χ1n) is 24.8. The van der Waals surface area contributed by atoms with Crippen molar-refractivity contribution in [1.29, 1.82) is 0 Å². The van der Waals surface area contributed by atoms with E-state index in [1.165, 1.54) is 54.6 Å². The van der Waals surface area contributed by atoms with E-state index in [1.807, 2.05) is 42.7 Å². The van der Waals surface area contributed by atoms with Gasteiger partial charge in [0.05, 0.1) is 11.9 Å². The molecule has 12 aromatic carbocycles. The number of fused-ring (bicyclic) bond motifs is 6. The van der Waals surface area contributed by atoms with Gasteiger partial charge in [-0.25, -0.2) is 0 Å². The Hall–Kier alpha value is -9.77. The number of para-hydroxylation sites is 5. The van der Waals surface area contributed by atoms with Gasteiger partial charge in [-0.3, -0.25) is 4.98 Å². The van der Waals surface area contributed by atoms with Gasteiger partial charge in [-0.2, -0.15) is 0 Å². The smallest absolute Gasteiger partial charge is 0.143 e. The van der Waals surface area contributed by atoms with Crippen LogP contribution in [0, 0.1) is 0 Å². The van der Waals surface area contributed by atoms with Gasteiger partial charge in [-0.1, -0.05) is 188 Å². The minimum Gasteiger partial charge on any atom is -0.455 e. The third kappa shape index (κ3) is 6.58. The summed E-state index contributed by atoms with van der Waals surface area (Å²) in [5.74, 6) is 0. The standard InChI is InChI=1S/C69H42N2O2/c1-2-11-49(12-3-1)71(51-13-10-40-70-42-51)50-34-30-47(31-35-50)63-41-62(46-28-26-45(27-29-46)54-17-9-19-61-56-15-5-7-21-65(56)73-69(54)61)58-37-33-48-32-36-52(57-38-39-59(63)67(58)66(48)57)43-22-24-44(25-23-43)53-16-8-18-60-55-14-4-6-20-64(55)72-68(53)60/h1-42H. The zero-order chi connectivity index (χ0) is 48.0. The van der Waals surface area contributed by atoms with Crippen molar-refractivity contribution in [2.75, 3.05) is 4.90 Å². The van der Waals surface area contributed by atoms with E-state index in [1.54, 1.807) is 0 Å². The molecule has 3 heterocycles. The maximum absolute atomic E-state index is 6.50. The average molecular weight is 931 g/mol. The van der Waals surface area contributed by atoms with Gasteiger partial charge in [-0.05, 0) is 131 Å². The van der Waals surface area contributed by atoms with Crippen LogP contribution in [0.2, 0.25) is 0 Å². The summed E-state index contributed by atoms with van der Waals surface area (Å²) in [7, 11) is 0. The van der Waals surface area contributed by atoms with Crippen LogP contribution in [0.25, 0.3) is 132 Å². The molecule has 73 heavy (non-hydrogen) atoms. The van der Waals surface area contributed by atoms with E-state index in [0.717, 1.165) is 94.3 Å². The van der Waals surface area contributed by atoms with Crippen molar-refractivity contribution in [3.63, 3.8) is 0 Å². The predicted octanol–water partition coefficient (Wildman–Crippen LogP) is 19.6. The number of nitrogens with zero attached hydrogens (tertiary/aromatic N) is 2. The third-order valence-electron chi connectivity index (χ3n) is 15.0. The molecule has 0 unspecified atom stereocenters. The van der Waals surface area contributed by atoms with Gasteiger partial charge in [0.25, 0.3) is 0 Å². The largest absolute Gasteiger partial charge is 0.455 e. The van der Waals surface area contributed by atoms with E-state index in [2.05, 4.69) is 222 Å². The Morgan fingerprint density at radius 3 is 1.32 bits per heavy atom. The second-order valence-corrected chi connectivity index (χ2v) is 19.0. The first-order chi connectivity index (χ1) is 36.2. The van der Waals surface area contributed by atoms with E-state index in [0.29, 0.717) is 0 Å². The lowest BCUT2D eigenvalue weighted by molar-refractivity contribution is 0.669. The van der Waals surface area contributed by atoms with Gasteiger partial charge >= 0.3 is 0 Å². The summed E-state index contributed by atoms with van der Waals surface area (Å²) >= 11 is 0. The molecule has 0 N–H and O–H groups in total. The molecule has 0 spiro atoms. The molecule has 0 amide bonds. The van der Waals surface area contributed by atoms with Crippen molar-refractivity contribution in [1.82, 2.24) is 4.98 Å². The number of hydrogen-bond acceptors (Lipinski definition) is 4. The number of rotatable bonds is 8. The molecule has 0 bridgehead atoms. The van der Waals surface area contributed by atoms with Gasteiger partial charge < -0.3 is 13.7 Å². The van der Waals surface area contributed by atoms with Crippen LogP contribution in [0.1, 0.15) is 0 Å². The molecular weight excluding hydrogens is 889 g/mol. The van der Waals surface area contributed by atoms with Crippen LogP contribution in [0.3, 0.4) is 0 Å². The molecule has 3 aromatic heterocycles. The molecule has 0 aliphatic carbocycles. The van der Waals surface area contributed by atoms with Crippen LogP contribution in [-0.2, 0) is 0 Å². The highest BCUT2D eigenvalue weighted by atomic mass is 16.3. The minimum absolute atomic E-state index is 0.901. The fraction of sp³-hybridized carbons (Fsp3) is 0. The third-order valence-corrected chi connectivity index (χ3v) is 15.0. The van der Waals surface area contributed by atoms with Crippen molar-refractivity contribution < 1.29 is 8.83 Å². The number of benzene rings is 12. The van der Waals surface area contributed by atoms with Gasteiger partial charge in [-0.15, -0.1) is 0 Å². The predicted molar refractivity (Wildman–Crippen MR) is 304 cm³/mol. The summed E-state index contributed by atoms with van der Waals surface area (Å²) in [5.41, 5.74) is 18.2. The van der Waals surface area contributed by atoms with Crippen molar-refractivity contribution in [2.45, 2.75) is 0 Å². The molecular formula is C69H42N2O2. The zero-order valence-electron chi connectivity index (χ0n) is 39.5. The minimum atomic E-state index is 0.901. The Morgan fingerprint density at radius 1 is 0.288 bits per heavy atom. The molecule has 0 atom stereocenters. The highest BCUT2D eigenvalue weighted by Crippen LogP contribution is 2.48. The molecule has 4 nitrogen and oxygen atoms in total. The maximum atomic E-state index is 6.50. The zero-order valence-corrected chi connectivity index (χ0v) is 39.5. The van der Waals surface area contributed by atoms with Crippen molar-refractivity contribution >= 4 is 93.3 Å². The van der Waals surface area contributed by atoms with Gasteiger partial charge in [0, 0.05) is 50.2 Å². The molecule has 0 radical (unpaired) electrons. The Morgan fingerprint density at radius 2 is 0.740 bits per heavy atom. The molecule has 0 aliphatic rings. The van der Waals surface area contributed by atoms with E-state index in [4.69, 9.17) is 8.83 Å². The second kappa shape index (κ2) is 16.4. The van der Waals surface area contributed by atoms with Crippen LogP contribution < -0.4 is 4.90 Å². The Kier molecular flexibility index (Phi) is 9.23. The summed E-state index contributed by atoms with van der Waals surface area (Å²) in [4.78, 5) is 6.74. The SMILES string of the molecule is c1ccc(N(c2ccc(-c3cc(-c4ccc(-c5cccc6c5oc5ccccc56)cc4)c4ccc5ccc(-c6ccc(-c7cccc8c7oc7ccccc78)cc6)c6ccc3c4c56)cc2)c2cccnc2)cc1. The van der Waals surface area contributed by atoms with Gasteiger partial charge in [0.15, 0.2) is 0 Å². The Labute approximate surface area is 420 Å². The summed E-state index contributed by atoms with van der Waals surface area (Å²) < 4.78 is 13.0. The number of hydrogen-bond donors (Lipinski definition) is 0. The molecule has 0 aliphatic heterocycles. The van der Waals surface area contributed by atoms with Gasteiger partial charge in [0.1, 0.15) is 22.3 Å². The first-order valence-corrected chi connectivity index (χ1v) is 24.8. The Bertz CT molecular complexity index is 4530. The number of aromatic nitrogens is 1. The molecule has 0 fully saturated rings. The topological polar surface area (TPSA) is 42.4 Å². The highest BCUT2D eigenvalue weighted by molar-refractivity contribution is 6.30. The first kappa shape index (κ1) is 41.1. The molecule has 340 valence electrons. The summed E-state index contributed by atoms with van der Waals surface area (Å²) in [5, 5.41) is 11.9. The lowest BCUT2D eigenvalue weighted by Gasteiger charge is -2.25. The monoisotopic (exact) mass is 930 g/mol. The van der Waals surface area contributed by atoms with Crippen LogP contribution in [0.4, 0.5) is 17.1 Å². The Balaban J connectivity index is 0.891. The number of pyridine rings is 1. The van der Waals surface area contributed by atoms with Crippen molar-refractivity contribution in [3.8, 4) is 55.6 Å². The van der Waals surface area contributed by atoms with Crippen LogP contribution in [-0.4, -0.2) is 4.98 Å². The average Bonchev–Trinajstić information content (AvgIpc) is 4.05. The van der Waals surface area contributed by atoms with E-state index < -0.39 is 0 Å². The fourth-order valence-electron chi connectivity index (χ4n) is 11.5. The van der Waals surface area contributed by atoms with E-state index >= 15 is 0 Å². The maximum Gasteiger partial charge on any atom is 0.143 e.